The summed E-state index contributed by atoms with van der Waals surface area (Å²) in [5, 5.41) is 2.29. The van der Waals surface area contributed by atoms with Crippen molar-refractivity contribution < 1.29 is 9.47 Å². The Morgan fingerprint density at radius 2 is 1.76 bits per heavy atom. The second-order valence-corrected chi connectivity index (χ2v) is 9.00. The maximum Gasteiger partial charge on any atom is 0.138 e. The van der Waals surface area contributed by atoms with Crippen LogP contribution in [-0.2, 0) is 4.74 Å². The van der Waals surface area contributed by atoms with Crippen LogP contribution in [0.1, 0.15) is 24.4 Å². The van der Waals surface area contributed by atoms with Gasteiger partial charge in [-0.3, -0.25) is 4.99 Å². The van der Waals surface area contributed by atoms with Crippen LogP contribution in [-0.4, -0.2) is 40.5 Å². The number of aromatic amines is 2. The lowest BCUT2D eigenvalue weighted by Gasteiger charge is -2.24. The van der Waals surface area contributed by atoms with Gasteiger partial charge in [0.25, 0.3) is 0 Å². The van der Waals surface area contributed by atoms with Crippen LogP contribution < -0.4 is 4.74 Å². The van der Waals surface area contributed by atoms with E-state index < -0.39 is 0 Å². The van der Waals surface area contributed by atoms with Crippen LogP contribution >= 0.6 is 0 Å². The molecule has 0 amide bonds. The minimum absolute atomic E-state index is 0.111. The van der Waals surface area contributed by atoms with Gasteiger partial charge in [-0.05, 0) is 47.5 Å². The van der Waals surface area contributed by atoms with Crippen LogP contribution in [0.5, 0.6) is 5.75 Å². The number of hydrogen-bond donors (Lipinski definition) is 2. The molecule has 7 rings (SSSR count). The fourth-order valence-electron chi connectivity index (χ4n) is 4.87. The molecule has 1 atom stereocenters. The van der Waals surface area contributed by atoms with Crippen molar-refractivity contribution in [1.29, 1.82) is 0 Å². The van der Waals surface area contributed by atoms with E-state index in [2.05, 4.69) is 74.5 Å². The van der Waals surface area contributed by atoms with Crippen LogP contribution in [0.25, 0.3) is 44.5 Å². The van der Waals surface area contributed by atoms with Gasteiger partial charge in [-0.15, -0.1) is 0 Å². The first-order valence-electron chi connectivity index (χ1n) is 11.8. The van der Waals surface area contributed by atoms with Crippen molar-refractivity contribution in [2.24, 2.45) is 4.99 Å². The molecule has 0 saturated carbocycles. The van der Waals surface area contributed by atoms with Crippen LogP contribution in [0.4, 0.5) is 0 Å². The first-order valence-corrected chi connectivity index (χ1v) is 11.8. The monoisotopic (exact) mass is 448 g/mol. The summed E-state index contributed by atoms with van der Waals surface area (Å²) in [6.45, 7) is 1.53. The van der Waals surface area contributed by atoms with E-state index in [0.29, 0.717) is 0 Å². The van der Waals surface area contributed by atoms with E-state index in [0.717, 1.165) is 76.4 Å². The van der Waals surface area contributed by atoms with Crippen LogP contribution in [0.2, 0.25) is 0 Å². The van der Waals surface area contributed by atoms with E-state index >= 15 is 0 Å². The molecule has 0 bridgehead atoms. The predicted octanol–water partition coefficient (Wildman–Crippen LogP) is 6.06. The Kier molecular flexibility index (Phi) is 4.52. The molecule has 34 heavy (non-hydrogen) atoms. The summed E-state index contributed by atoms with van der Waals surface area (Å²) in [4.78, 5) is 16.0. The molecule has 1 fully saturated rings. The molecule has 3 aromatic heterocycles. The van der Waals surface area contributed by atoms with Gasteiger partial charge in [-0.2, -0.15) is 0 Å². The minimum Gasteiger partial charge on any atom is -0.490 e. The van der Waals surface area contributed by atoms with Crippen molar-refractivity contribution in [3.05, 3.63) is 72.4 Å². The van der Waals surface area contributed by atoms with Crippen molar-refractivity contribution >= 4 is 28.2 Å². The second kappa shape index (κ2) is 7.85. The number of aromatic nitrogens is 3. The highest BCUT2D eigenvalue weighted by Gasteiger charge is 2.24. The number of ether oxygens (including phenoxy) is 2. The number of H-pyrrole nitrogens is 2. The standard InChI is InChI=1S/C28H24N4O2/c1-2-4-23-18(3-1)14-24(31-23)25-15-21-20(7-10-29-28(21)32-25)17-5-6-27(22(13-17)26-16-30-26)34-19-8-11-33-12-9-19/h1-7,10,13-16,19,26,31H,8-9,11-12H2,(H,29,32). The van der Waals surface area contributed by atoms with E-state index in [1.165, 1.54) is 5.39 Å². The topological polar surface area (TPSA) is 75.3 Å². The number of hydrogen-bond acceptors (Lipinski definition) is 4. The lowest BCUT2D eigenvalue weighted by molar-refractivity contribution is 0.0252. The van der Waals surface area contributed by atoms with Gasteiger partial charge in [0, 0.05) is 47.1 Å². The number of benzene rings is 2. The first kappa shape index (κ1) is 19.6. The molecular weight excluding hydrogens is 424 g/mol. The van der Waals surface area contributed by atoms with Crippen molar-refractivity contribution in [2.75, 3.05) is 13.2 Å². The van der Waals surface area contributed by atoms with Gasteiger partial charge < -0.3 is 19.4 Å². The third-order valence-corrected chi connectivity index (χ3v) is 6.75. The van der Waals surface area contributed by atoms with Gasteiger partial charge in [0.05, 0.1) is 24.6 Å². The Hall–Kier alpha value is -3.90. The molecule has 1 saturated heterocycles. The van der Waals surface area contributed by atoms with Crippen molar-refractivity contribution in [2.45, 2.75) is 25.0 Å². The lowest BCUT2D eigenvalue weighted by Crippen LogP contribution is -2.26. The third-order valence-electron chi connectivity index (χ3n) is 6.75. The number of pyridine rings is 1. The van der Waals surface area contributed by atoms with Gasteiger partial charge in [0.15, 0.2) is 0 Å². The summed E-state index contributed by atoms with van der Waals surface area (Å²) in [6.07, 6.45) is 5.90. The van der Waals surface area contributed by atoms with Crippen LogP contribution in [0, 0.1) is 0 Å². The zero-order chi connectivity index (χ0) is 22.5. The van der Waals surface area contributed by atoms with Gasteiger partial charge in [0.2, 0.25) is 0 Å². The van der Waals surface area contributed by atoms with E-state index in [1.54, 1.807) is 0 Å². The molecule has 0 radical (unpaired) electrons. The lowest BCUT2D eigenvalue weighted by atomic mass is 9.99. The molecule has 5 heterocycles. The number of nitrogens with one attached hydrogen (secondary N) is 2. The summed E-state index contributed by atoms with van der Waals surface area (Å²) in [7, 11) is 0. The van der Waals surface area contributed by atoms with E-state index in [9.17, 15) is 0 Å². The molecule has 2 aliphatic heterocycles. The second-order valence-electron chi connectivity index (χ2n) is 9.00. The van der Waals surface area contributed by atoms with Crippen molar-refractivity contribution in [1.82, 2.24) is 15.0 Å². The largest absolute Gasteiger partial charge is 0.490 e. The van der Waals surface area contributed by atoms with E-state index in [1.807, 2.05) is 18.5 Å². The predicted molar refractivity (Wildman–Crippen MR) is 135 cm³/mol. The van der Waals surface area contributed by atoms with E-state index in [-0.39, 0.29) is 12.1 Å². The normalized spacial score (nSPS) is 18.1. The molecule has 2 aliphatic rings. The maximum absolute atomic E-state index is 6.37. The van der Waals surface area contributed by atoms with Gasteiger partial charge in [-0.25, -0.2) is 4.98 Å². The molecule has 6 heteroatoms. The maximum atomic E-state index is 6.37. The zero-order valence-electron chi connectivity index (χ0n) is 18.6. The Morgan fingerprint density at radius 1 is 0.912 bits per heavy atom. The molecule has 6 nitrogen and oxygen atoms in total. The van der Waals surface area contributed by atoms with Gasteiger partial charge >= 0.3 is 0 Å². The fraction of sp³-hybridized carbons (Fsp3) is 0.214. The van der Waals surface area contributed by atoms with E-state index in [4.69, 9.17) is 9.47 Å². The van der Waals surface area contributed by atoms with Crippen LogP contribution in [0.3, 0.4) is 0 Å². The summed E-state index contributed by atoms with van der Waals surface area (Å²) < 4.78 is 11.9. The Balaban J connectivity index is 1.27. The fourth-order valence-corrected chi connectivity index (χ4v) is 4.87. The summed E-state index contributed by atoms with van der Waals surface area (Å²) in [6, 6.07) is 21.3. The Morgan fingerprint density at radius 3 is 2.62 bits per heavy atom. The highest BCUT2D eigenvalue weighted by Crippen LogP contribution is 2.39. The summed E-state index contributed by atoms with van der Waals surface area (Å²) >= 11 is 0. The van der Waals surface area contributed by atoms with Crippen LogP contribution in [0.15, 0.2) is 71.9 Å². The SMILES string of the molecule is C1=NC1c1cc(-c2ccnc3[nH]c(-c4cc5ccccc5[nH]4)cc23)ccc1OC1CCOCC1. The number of nitrogens with zero attached hydrogens (tertiary/aromatic N) is 2. The van der Waals surface area contributed by atoms with Crippen molar-refractivity contribution in [3.63, 3.8) is 0 Å². The number of rotatable bonds is 5. The van der Waals surface area contributed by atoms with Gasteiger partial charge in [0.1, 0.15) is 23.5 Å². The molecule has 2 N–H and O–H groups in total. The molecule has 2 aromatic carbocycles. The molecule has 5 aromatic rings. The third kappa shape index (κ3) is 3.47. The quantitative estimate of drug-likeness (QED) is 0.343. The van der Waals surface area contributed by atoms with Crippen molar-refractivity contribution in [3.8, 4) is 28.3 Å². The highest BCUT2D eigenvalue weighted by molar-refractivity contribution is 5.97. The number of aliphatic imine (C=N–C) groups is 1. The van der Waals surface area contributed by atoms with Gasteiger partial charge in [-0.1, -0.05) is 24.3 Å². The molecule has 0 aliphatic carbocycles. The molecule has 0 spiro atoms. The summed E-state index contributed by atoms with van der Waals surface area (Å²) in [5.74, 6) is 0.927. The Labute approximate surface area is 196 Å². The minimum atomic E-state index is 0.111. The average molecular weight is 449 g/mol. The first-order chi connectivity index (χ1) is 16.8. The summed E-state index contributed by atoms with van der Waals surface area (Å²) in [5.41, 5.74) is 7.48. The number of fused-ring (bicyclic) bond motifs is 2. The molecular formula is C28H24N4O2. The highest BCUT2D eigenvalue weighted by atomic mass is 16.5. The molecule has 1 unspecified atom stereocenters. The zero-order valence-corrected chi connectivity index (χ0v) is 18.6. The molecule has 168 valence electrons. The number of para-hydroxylation sites is 1. The average Bonchev–Trinajstić information content (AvgIpc) is 3.47. The Bertz CT molecular complexity index is 1500. The smallest absolute Gasteiger partial charge is 0.138 e.